The smallest absolute Gasteiger partial charge is 0.319 e. The first kappa shape index (κ1) is 18.5. The number of urea groups is 2. The SMILES string of the molecule is O=C(NC[C@@H]1CCCO1)Nc1ccc(NC(=O)NC[C@@H]2CCCO2)cc1. The van der Waals surface area contributed by atoms with Crippen molar-refractivity contribution in [3.63, 3.8) is 0 Å². The van der Waals surface area contributed by atoms with Gasteiger partial charge in [-0.2, -0.15) is 0 Å². The van der Waals surface area contributed by atoms with Crippen molar-refractivity contribution in [1.82, 2.24) is 10.6 Å². The summed E-state index contributed by atoms with van der Waals surface area (Å²) in [4.78, 5) is 23.7. The minimum Gasteiger partial charge on any atom is -0.376 e. The Labute approximate surface area is 153 Å². The van der Waals surface area contributed by atoms with Crippen LogP contribution >= 0.6 is 0 Å². The van der Waals surface area contributed by atoms with Gasteiger partial charge in [-0.15, -0.1) is 0 Å². The van der Waals surface area contributed by atoms with Crippen LogP contribution in [0.2, 0.25) is 0 Å². The van der Waals surface area contributed by atoms with E-state index in [0.29, 0.717) is 24.5 Å². The highest BCUT2D eigenvalue weighted by molar-refractivity contribution is 5.91. The molecule has 0 bridgehead atoms. The van der Waals surface area contributed by atoms with Crippen molar-refractivity contribution in [2.45, 2.75) is 37.9 Å². The molecule has 4 amide bonds. The number of ether oxygens (including phenoxy) is 2. The van der Waals surface area contributed by atoms with E-state index < -0.39 is 0 Å². The van der Waals surface area contributed by atoms with E-state index in [4.69, 9.17) is 9.47 Å². The molecular formula is C18H26N4O4. The van der Waals surface area contributed by atoms with E-state index in [1.807, 2.05) is 0 Å². The number of anilines is 2. The van der Waals surface area contributed by atoms with Gasteiger partial charge in [-0.25, -0.2) is 9.59 Å². The van der Waals surface area contributed by atoms with Gasteiger partial charge in [0.15, 0.2) is 0 Å². The second-order valence-electron chi connectivity index (χ2n) is 6.52. The summed E-state index contributed by atoms with van der Waals surface area (Å²) < 4.78 is 10.9. The van der Waals surface area contributed by atoms with Crippen LogP contribution in [-0.4, -0.2) is 50.6 Å². The first-order valence-corrected chi connectivity index (χ1v) is 9.12. The van der Waals surface area contributed by atoms with Gasteiger partial charge < -0.3 is 30.7 Å². The van der Waals surface area contributed by atoms with Gasteiger partial charge in [-0.3, -0.25) is 0 Å². The Kier molecular flexibility index (Phi) is 6.68. The van der Waals surface area contributed by atoms with Crippen molar-refractivity contribution in [3.05, 3.63) is 24.3 Å². The lowest BCUT2D eigenvalue weighted by Crippen LogP contribution is -2.35. The van der Waals surface area contributed by atoms with E-state index in [1.165, 1.54) is 0 Å². The number of hydrogen-bond acceptors (Lipinski definition) is 4. The van der Waals surface area contributed by atoms with E-state index in [0.717, 1.165) is 38.9 Å². The van der Waals surface area contributed by atoms with E-state index in [-0.39, 0.29) is 24.3 Å². The van der Waals surface area contributed by atoms with Crippen molar-refractivity contribution in [3.8, 4) is 0 Å². The van der Waals surface area contributed by atoms with Gasteiger partial charge >= 0.3 is 12.1 Å². The molecule has 8 heteroatoms. The summed E-state index contributed by atoms with van der Waals surface area (Å²) in [6.45, 7) is 2.56. The molecule has 2 fully saturated rings. The zero-order chi connectivity index (χ0) is 18.2. The fourth-order valence-corrected chi connectivity index (χ4v) is 3.01. The van der Waals surface area contributed by atoms with E-state index in [2.05, 4.69) is 21.3 Å². The maximum Gasteiger partial charge on any atom is 0.319 e. The van der Waals surface area contributed by atoms with Gasteiger partial charge in [0, 0.05) is 37.7 Å². The topological polar surface area (TPSA) is 101 Å². The Morgan fingerprint density at radius 2 is 1.23 bits per heavy atom. The molecule has 1 aromatic rings. The van der Waals surface area contributed by atoms with Crippen LogP contribution in [0, 0.1) is 0 Å². The highest BCUT2D eigenvalue weighted by Crippen LogP contribution is 2.14. The maximum atomic E-state index is 11.9. The second-order valence-corrected chi connectivity index (χ2v) is 6.52. The first-order chi connectivity index (χ1) is 12.7. The van der Waals surface area contributed by atoms with Crippen molar-refractivity contribution < 1.29 is 19.1 Å². The predicted molar refractivity (Wildman–Crippen MR) is 98.4 cm³/mol. The predicted octanol–water partition coefficient (Wildman–Crippen LogP) is 2.29. The summed E-state index contributed by atoms with van der Waals surface area (Å²) in [5, 5.41) is 11.1. The van der Waals surface area contributed by atoms with Crippen molar-refractivity contribution in [2.75, 3.05) is 36.9 Å². The number of rotatable bonds is 6. The summed E-state index contributed by atoms with van der Waals surface area (Å²) in [7, 11) is 0. The number of nitrogens with one attached hydrogen (secondary N) is 4. The zero-order valence-corrected chi connectivity index (χ0v) is 14.8. The average Bonchev–Trinajstić information content (AvgIpc) is 3.34. The molecule has 0 aromatic heterocycles. The van der Waals surface area contributed by atoms with E-state index in [9.17, 15) is 9.59 Å². The van der Waals surface area contributed by atoms with Crippen LogP contribution in [0.15, 0.2) is 24.3 Å². The molecule has 2 saturated heterocycles. The zero-order valence-electron chi connectivity index (χ0n) is 14.8. The van der Waals surface area contributed by atoms with Gasteiger partial charge in [0.25, 0.3) is 0 Å². The number of carbonyl (C=O) groups excluding carboxylic acids is 2. The lowest BCUT2D eigenvalue weighted by molar-refractivity contribution is 0.112. The summed E-state index contributed by atoms with van der Waals surface area (Å²) in [5.41, 5.74) is 1.31. The van der Waals surface area contributed by atoms with Gasteiger partial charge in [-0.05, 0) is 49.9 Å². The van der Waals surface area contributed by atoms with Crippen LogP contribution in [0.5, 0.6) is 0 Å². The van der Waals surface area contributed by atoms with Crippen molar-refractivity contribution in [1.29, 1.82) is 0 Å². The fraction of sp³-hybridized carbons (Fsp3) is 0.556. The summed E-state index contributed by atoms with van der Waals surface area (Å²) in [6.07, 6.45) is 4.28. The van der Waals surface area contributed by atoms with Crippen LogP contribution in [0.3, 0.4) is 0 Å². The number of benzene rings is 1. The normalized spacial score (nSPS) is 22.0. The minimum atomic E-state index is -0.268. The van der Waals surface area contributed by atoms with Crippen molar-refractivity contribution in [2.24, 2.45) is 0 Å². The lowest BCUT2D eigenvalue weighted by atomic mass is 10.2. The quantitative estimate of drug-likeness (QED) is 0.624. The third-order valence-electron chi connectivity index (χ3n) is 4.43. The molecule has 0 unspecified atom stereocenters. The molecule has 0 spiro atoms. The van der Waals surface area contributed by atoms with Crippen LogP contribution in [0.4, 0.5) is 21.0 Å². The van der Waals surface area contributed by atoms with E-state index >= 15 is 0 Å². The van der Waals surface area contributed by atoms with Gasteiger partial charge in [0.05, 0.1) is 12.2 Å². The third-order valence-corrected chi connectivity index (χ3v) is 4.43. The molecule has 2 atom stereocenters. The molecule has 3 rings (SSSR count). The molecule has 2 aliphatic rings. The highest BCUT2D eigenvalue weighted by atomic mass is 16.5. The molecule has 0 aliphatic carbocycles. The van der Waals surface area contributed by atoms with Gasteiger partial charge in [-0.1, -0.05) is 0 Å². The third kappa shape index (κ3) is 5.89. The fourth-order valence-electron chi connectivity index (χ4n) is 3.01. The molecule has 4 N–H and O–H groups in total. The molecule has 26 heavy (non-hydrogen) atoms. The van der Waals surface area contributed by atoms with Crippen LogP contribution in [0.25, 0.3) is 0 Å². The van der Waals surface area contributed by atoms with Crippen LogP contribution in [0.1, 0.15) is 25.7 Å². The molecule has 1 aromatic carbocycles. The summed E-state index contributed by atoms with van der Waals surface area (Å²) in [5.74, 6) is 0. The molecule has 0 saturated carbocycles. The summed E-state index contributed by atoms with van der Waals surface area (Å²) in [6, 6.07) is 6.41. The second kappa shape index (κ2) is 9.40. The number of amides is 4. The van der Waals surface area contributed by atoms with Gasteiger partial charge in [0.1, 0.15) is 0 Å². The molecule has 8 nitrogen and oxygen atoms in total. The Hall–Kier alpha value is -2.32. The average molecular weight is 362 g/mol. The monoisotopic (exact) mass is 362 g/mol. The minimum absolute atomic E-state index is 0.112. The Balaban J connectivity index is 1.36. The Morgan fingerprint density at radius 3 is 1.58 bits per heavy atom. The first-order valence-electron chi connectivity index (χ1n) is 9.12. The standard InChI is InChI=1S/C18H26N4O4/c23-17(19-11-15-3-1-9-25-15)21-13-5-7-14(8-6-13)22-18(24)20-12-16-4-2-10-26-16/h5-8,15-16H,1-4,9-12H2,(H2,19,21,23)(H2,20,22,24)/t15-,16-/m0/s1. The molecule has 2 heterocycles. The van der Waals surface area contributed by atoms with Gasteiger partial charge in [0.2, 0.25) is 0 Å². The highest BCUT2D eigenvalue weighted by Gasteiger charge is 2.17. The molecular weight excluding hydrogens is 336 g/mol. The van der Waals surface area contributed by atoms with Crippen molar-refractivity contribution >= 4 is 23.4 Å². The number of carbonyl (C=O) groups is 2. The van der Waals surface area contributed by atoms with Crippen LogP contribution in [-0.2, 0) is 9.47 Å². The Bertz CT molecular complexity index is 543. The van der Waals surface area contributed by atoms with Crippen LogP contribution < -0.4 is 21.3 Å². The molecule has 142 valence electrons. The lowest BCUT2D eigenvalue weighted by Gasteiger charge is -2.13. The summed E-state index contributed by atoms with van der Waals surface area (Å²) >= 11 is 0. The number of hydrogen-bond donors (Lipinski definition) is 4. The Morgan fingerprint density at radius 1 is 0.808 bits per heavy atom. The molecule has 2 aliphatic heterocycles. The largest absolute Gasteiger partial charge is 0.376 e. The van der Waals surface area contributed by atoms with E-state index in [1.54, 1.807) is 24.3 Å². The molecule has 0 radical (unpaired) electrons. The maximum absolute atomic E-state index is 11.9.